The number of aryl methyl sites for hydroxylation is 1. The van der Waals surface area contributed by atoms with Crippen molar-refractivity contribution < 1.29 is 22.1 Å². The zero-order valence-electron chi connectivity index (χ0n) is 13.0. The van der Waals surface area contributed by atoms with Gasteiger partial charge in [0.05, 0.1) is 0 Å². The first-order valence-electron chi connectivity index (χ1n) is 7.28. The van der Waals surface area contributed by atoms with E-state index in [9.17, 15) is 8.42 Å². The van der Waals surface area contributed by atoms with Gasteiger partial charge in [0.2, 0.25) is 5.09 Å². The standard InChI is InChI=1S/C18H16O5S/c1-13-16(11-18(23-13)24(19,20)21)12-22-17-9-5-8-15(10-17)14-6-3-2-4-7-14/h2-11H,12H2,1H3,(H,19,20,21). The maximum atomic E-state index is 11.1. The maximum Gasteiger partial charge on any atom is 0.328 e. The van der Waals surface area contributed by atoms with Crippen LogP contribution in [0.25, 0.3) is 11.1 Å². The minimum absolute atomic E-state index is 0.142. The van der Waals surface area contributed by atoms with Gasteiger partial charge < -0.3 is 9.15 Å². The summed E-state index contributed by atoms with van der Waals surface area (Å²) in [5, 5.41) is -0.475. The Balaban J connectivity index is 1.77. The van der Waals surface area contributed by atoms with Gasteiger partial charge in [0.1, 0.15) is 18.1 Å². The number of hydrogen-bond donors (Lipinski definition) is 1. The molecule has 6 heteroatoms. The molecule has 0 aliphatic rings. The predicted molar refractivity (Wildman–Crippen MR) is 89.5 cm³/mol. The topological polar surface area (TPSA) is 76.7 Å². The lowest BCUT2D eigenvalue weighted by Gasteiger charge is -2.08. The number of benzene rings is 2. The van der Waals surface area contributed by atoms with Crippen LogP contribution in [0.2, 0.25) is 0 Å². The third-order valence-corrected chi connectivity index (χ3v) is 4.30. The van der Waals surface area contributed by atoms with Crippen molar-refractivity contribution >= 4 is 10.1 Å². The van der Waals surface area contributed by atoms with Crippen LogP contribution < -0.4 is 4.74 Å². The minimum Gasteiger partial charge on any atom is -0.489 e. The van der Waals surface area contributed by atoms with Crippen LogP contribution in [0.15, 0.2) is 70.2 Å². The molecule has 1 heterocycles. The summed E-state index contributed by atoms with van der Waals surface area (Å²) in [5.41, 5.74) is 2.67. The minimum atomic E-state index is -4.35. The molecule has 124 valence electrons. The van der Waals surface area contributed by atoms with Gasteiger partial charge in [-0.05, 0) is 30.2 Å². The molecule has 2 aromatic carbocycles. The summed E-state index contributed by atoms with van der Waals surface area (Å²) in [7, 11) is -4.35. The molecule has 0 saturated heterocycles. The van der Waals surface area contributed by atoms with E-state index >= 15 is 0 Å². The van der Waals surface area contributed by atoms with Crippen molar-refractivity contribution in [2.24, 2.45) is 0 Å². The van der Waals surface area contributed by atoms with Crippen molar-refractivity contribution in [3.05, 3.63) is 72.0 Å². The molecular weight excluding hydrogens is 328 g/mol. The average molecular weight is 344 g/mol. The predicted octanol–water partition coefficient (Wildman–Crippen LogP) is 4.08. The highest BCUT2D eigenvalue weighted by Gasteiger charge is 2.18. The quantitative estimate of drug-likeness (QED) is 0.706. The molecule has 3 aromatic rings. The van der Waals surface area contributed by atoms with Crippen LogP contribution >= 0.6 is 0 Å². The summed E-state index contributed by atoms with van der Waals surface area (Å²) in [6.07, 6.45) is 0. The Morgan fingerprint density at radius 3 is 2.38 bits per heavy atom. The lowest BCUT2D eigenvalue weighted by Crippen LogP contribution is -1.97. The Bertz CT molecular complexity index is 943. The Kier molecular flexibility index (Phi) is 4.42. The molecular formula is C18H16O5S. The van der Waals surface area contributed by atoms with Crippen molar-refractivity contribution in [3.63, 3.8) is 0 Å². The number of hydrogen-bond acceptors (Lipinski definition) is 4. The fourth-order valence-corrected chi connectivity index (χ4v) is 2.84. The van der Waals surface area contributed by atoms with Gasteiger partial charge in [-0.3, -0.25) is 4.55 Å². The fourth-order valence-electron chi connectivity index (χ4n) is 2.32. The summed E-state index contributed by atoms with van der Waals surface area (Å²) in [5.74, 6) is 1.05. The first kappa shape index (κ1) is 16.3. The normalized spacial score (nSPS) is 11.4. The molecule has 0 spiro atoms. The molecule has 3 rings (SSSR count). The van der Waals surface area contributed by atoms with Crippen LogP contribution in [0.1, 0.15) is 11.3 Å². The molecule has 0 aliphatic heterocycles. The average Bonchev–Trinajstić information content (AvgIpc) is 2.95. The van der Waals surface area contributed by atoms with Gasteiger partial charge in [-0.25, -0.2) is 0 Å². The van der Waals surface area contributed by atoms with Crippen molar-refractivity contribution in [2.45, 2.75) is 18.6 Å². The maximum absolute atomic E-state index is 11.1. The van der Waals surface area contributed by atoms with Gasteiger partial charge in [-0.15, -0.1) is 0 Å². The Morgan fingerprint density at radius 2 is 1.71 bits per heavy atom. The van der Waals surface area contributed by atoms with Crippen molar-refractivity contribution in [1.82, 2.24) is 0 Å². The monoisotopic (exact) mass is 344 g/mol. The summed E-state index contributed by atoms with van der Waals surface area (Å²) in [4.78, 5) is 0. The van der Waals surface area contributed by atoms with Gasteiger partial charge in [-0.1, -0.05) is 42.5 Å². The zero-order chi connectivity index (χ0) is 17.2. The second-order valence-corrected chi connectivity index (χ2v) is 6.66. The van der Waals surface area contributed by atoms with Crippen LogP contribution in [0, 0.1) is 6.92 Å². The molecule has 0 aliphatic carbocycles. The van der Waals surface area contributed by atoms with Gasteiger partial charge >= 0.3 is 10.1 Å². The van der Waals surface area contributed by atoms with Crippen LogP contribution in [-0.2, 0) is 16.7 Å². The third kappa shape index (κ3) is 3.67. The van der Waals surface area contributed by atoms with E-state index < -0.39 is 15.2 Å². The SMILES string of the molecule is Cc1oc(S(=O)(=O)O)cc1COc1cccc(-c2ccccc2)c1. The molecule has 1 N–H and O–H groups in total. The van der Waals surface area contributed by atoms with E-state index in [1.54, 1.807) is 6.92 Å². The molecule has 0 atom stereocenters. The van der Waals surface area contributed by atoms with Crippen LogP contribution in [0.3, 0.4) is 0 Å². The van der Waals surface area contributed by atoms with E-state index in [1.165, 1.54) is 6.07 Å². The first-order chi connectivity index (χ1) is 11.4. The molecule has 0 fully saturated rings. The second kappa shape index (κ2) is 6.51. The van der Waals surface area contributed by atoms with Crippen molar-refractivity contribution in [1.29, 1.82) is 0 Å². The van der Waals surface area contributed by atoms with Gasteiger partial charge in [-0.2, -0.15) is 8.42 Å². The summed E-state index contributed by atoms with van der Waals surface area (Å²) in [6.45, 7) is 1.76. The van der Waals surface area contributed by atoms with Gasteiger partial charge in [0.15, 0.2) is 0 Å². The smallest absolute Gasteiger partial charge is 0.328 e. The molecule has 0 amide bonds. The lowest BCUT2D eigenvalue weighted by molar-refractivity contribution is 0.302. The van der Waals surface area contributed by atoms with Crippen LogP contribution in [0.5, 0.6) is 5.75 Å². The summed E-state index contributed by atoms with van der Waals surface area (Å²) < 4.78 is 42.0. The Hall–Kier alpha value is -2.57. The molecule has 0 unspecified atom stereocenters. The van der Waals surface area contributed by atoms with E-state index in [4.69, 9.17) is 13.7 Å². The lowest BCUT2D eigenvalue weighted by atomic mass is 10.1. The molecule has 0 bridgehead atoms. The van der Waals surface area contributed by atoms with E-state index in [0.717, 1.165) is 11.1 Å². The van der Waals surface area contributed by atoms with Crippen molar-refractivity contribution in [3.8, 4) is 16.9 Å². The Labute approximate surface area is 140 Å². The van der Waals surface area contributed by atoms with Crippen LogP contribution in [0.4, 0.5) is 0 Å². The Morgan fingerprint density at radius 1 is 1.00 bits per heavy atom. The third-order valence-electron chi connectivity index (χ3n) is 3.59. The van der Waals surface area contributed by atoms with E-state index in [0.29, 0.717) is 17.1 Å². The number of rotatable bonds is 5. The van der Waals surface area contributed by atoms with Crippen molar-refractivity contribution in [2.75, 3.05) is 0 Å². The van der Waals surface area contributed by atoms with Gasteiger partial charge in [0, 0.05) is 11.6 Å². The second-order valence-electron chi connectivity index (χ2n) is 5.30. The number of ether oxygens (including phenoxy) is 1. The summed E-state index contributed by atoms with van der Waals surface area (Å²) >= 11 is 0. The van der Waals surface area contributed by atoms with E-state index in [2.05, 4.69) is 0 Å². The molecule has 1 aromatic heterocycles. The van der Waals surface area contributed by atoms with E-state index in [-0.39, 0.29) is 6.61 Å². The largest absolute Gasteiger partial charge is 0.489 e. The molecule has 0 saturated carbocycles. The number of furan rings is 1. The van der Waals surface area contributed by atoms with E-state index in [1.807, 2.05) is 54.6 Å². The molecule has 5 nitrogen and oxygen atoms in total. The highest BCUT2D eigenvalue weighted by Crippen LogP contribution is 2.25. The first-order valence-corrected chi connectivity index (χ1v) is 8.72. The summed E-state index contributed by atoms with van der Waals surface area (Å²) in [6, 6.07) is 18.8. The highest BCUT2D eigenvalue weighted by molar-refractivity contribution is 7.85. The fraction of sp³-hybridized carbons (Fsp3) is 0.111. The van der Waals surface area contributed by atoms with Gasteiger partial charge in [0.25, 0.3) is 0 Å². The van der Waals surface area contributed by atoms with Crippen LogP contribution in [-0.4, -0.2) is 13.0 Å². The molecule has 24 heavy (non-hydrogen) atoms. The zero-order valence-corrected chi connectivity index (χ0v) is 13.8. The highest BCUT2D eigenvalue weighted by atomic mass is 32.2. The molecule has 0 radical (unpaired) electrons.